The Bertz CT molecular complexity index is 4340. The van der Waals surface area contributed by atoms with Gasteiger partial charge >= 0.3 is 6.03 Å². The normalized spacial score (nSPS) is 18.2. The Kier molecular flexibility index (Phi) is 33.9. The van der Waals surface area contributed by atoms with Crippen LogP contribution in [0.25, 0.3) is 0 Å². The molecule has 5 atom stereocenters. The van der Waals surface area contributed by atoms with E-state index >= 15 is 0 Å². The van der Waals surface area contributed by atoms with E-state index in [-0.39, 0.29) is 83.1 Å². The minimum Gasteiger partial charge on any atom is -0.342 e. The first-order valence-corrected chi connectivity index (χ1v) is 41.7. The van der Waals surface area contributed by atoms with E-state index in [1.54, 1.807) is 62.0 Å². The first kappa shape index (κ1) is 88.5. The van der Waals surface area contributed by atoms with Gasteiger partial charge in [0.1, 0.15) is 35.9 Å². The first-order chi connectivity index (χ1) is 57.8. The maximum absolute atomic E-state index is 13.0. The number of aromatic nitrogens is 9. The van der Waals surface area contributed by atoms with E-state index in [1.165, 1.54) is 128 Å². The maximum Gasteiger partial charge on any atom is 0.323 e. The highest BCUT2D eigenvalue weighted by Gasteiger charge is 2.34. The second-order valence-corrected chi connectivity index (χ2v) is 30.7. The molecule has 6 aliphatic rings. The van der Waals surface area contributed by atoms with Gasteiger partial charge in [-0.25, -0.2) is 42.3 Å². The van der Waals surface area contributed by atoms with Crippen molar-refractivity contribution in [1.29, 1.82) is 0 Å². The predicted octanol–water partition coefficient (Wildman–Crippen LogP) is 14.5. The number of halogens is 4. The van der Waals surface area contributed by atoms with Gasteiger partial charge in [-0.1, -0.05) is 6.07 Å². The van der Waals surface area contributed by atoms with Crippen LogP contribution in [0.2, 0.25) is 0 Å². The number of carbonyl (C=O) groups is 5. The van der Waals surface area contributed by atoms with E-state index in [0.29, 0.717) is 47.8 Å². The molecule has 34 heteroatoms. The van der Waals surface area contributed by atoms with Crippen LogP contribution in [0.15, 0.2) is 196 Å². The van der Waals surface area contributed by atoms with Gasteiger partial charge in [-0.3, -0.25) is 60.7 Å². The van der Waals surface area contributed by atoms with Gasteiger partial charge in [-0.15, -0.1) is 0 Å². The monoisotopic (exact) mass is 1710 g/mol. The standard InChI is InChI=1S/4C17H17FN4OS.C17H24N4OS/c18-14-6-4-12(5-7-14)16(23)21-17(24)22-10-2-1-3-15(22)13-8-9-19-20-11-13;18-13-6-4-12(5-7-13)16(23)21-17(24)22-10-2-1-3-15(22)14-11-19-8-9-20-14;2*18-14-6-4-12(5-7-14)16(23)21-17(24)22-8-2-1-3-15(22)13-9-19-11-20-10-13;22-16(20-10-3-1-4-11-20)19-17(23)21-12-5-2-8-15(21)14-7-6-9-18-13-14/h2*4-9,11,15H,1-3,10H2,(H,21,23,24);2*4-7,9-11,15H,1-3,8H2,(H,21,23,24);6-7,9,13,15H,1-5,8,10-12H2,(H,19,22,23). The number of amides is 6. The highest BCUT2D eigenvalue weighted by atomic mass is 32.1. The number of carbonyl (C=O) groups excluding carboxylic acids is 5. The van der Waals surface area contributed by atoms with Crippen molar-refractivity contribution in [3.05, 3.63) is 270 Å². The van der Waals surface area contributed by atoms with Crippen LogP contribution in [-0.4, -0.2) is 176 Å². The van der Waals surface area contributed by atoms with Crippen LogP contribution in [-0.2, 0) is 0 Å². The van der Waals surface area contributed by atoms with Crippen molar-refractivity contribution < 1.29 is 41.5 Å². The molecule has 0 aliphatic carbocycles. The number of likely N-dealkylation sites (tertiary alicyclic amines) is 6. The largest absolute Gasteiger partial charge is 0.342 e. The fraction of sp³-hybridized carbons (Fsp3) is 0.353. The van der Waals surface area contributed by atoms with Crippen molar-refractivity contribution in [1.82, 2.24) is 101 Å². The van der Waals surface area contributed by atoms with Crippen LogP contribution in [0.1, 0.15) is 215 Å². The van der Waals surface area contributed by atoms with Gasteiger partial charge in [0.25, 0.3) is 23.6 Å². The molecule has 9 aromatic rings. The lowest BCUT2D eigenvalue weighted by molar-refractivity contribution is 0.0960. The molecule has 6 saturated heterocycles. The number of urea groups is 1. The lowest BCUT2D eigenvalue weighted by Gasteiger charge is -2.38. The topological polar surface area (TPSA) is 281 Å². The van der Waals surface area contributed by atoms with E-state index < -0.39 is 0 Å². The molecule has 25 nitrogen and oxygen atoms in total. The van der Waals surface area contributed by atoms with Crippen molar-refractivity contribution in [2.45, 2.75) is 146 Å². The number of rotatable bonds is 9. The minimum absolute atomic E-state index is 0.00784. The van der Waals surface area contributed by atoms with Gasteiger partial charge in [-0.05, 0) is 297 Å². The van der Waals surface area contributed by atoms with Crippen LogP contribution in [0.5, 0.6) is 0 Å². The second kappa shape index (κ2) is 45.6. The summed E-state index contributed by atoms with van der Waals surface area (Å²) < 4.78 is 51.9. The Labute approximate surface area is 715 Å². The van der Waals surface area contributed by atoms with Crippen LogP contribution < -0.4 is 26.6 Å². The molecule has 0 spiro atoms. The number of pyridine rings is 1. The molecule has 11 heterocycles. The number of nitrogens with zero attached hydrogens (tertiary/aromatic N) is 15. The zero-order valence-electron chi connectivity index (χ0n) is 65.3. The summed E-state index contributed by atoms with van der Waals surface area (Å²) in [6, 6.07) is 27.8. The molecule has 5 N–H and O–H groups in total. The quantitative estimate of drug-likeness (QED) is 0.0663. The van der Waals surface area contributed by atoms with Gasteiger partial charge in [0, 0.05) is 135 Å². The van der Waals surface area contributed by atoms with Crippen LogP contribution in [0.4, 0.5) is 22.4 Å². The maximum atomic E-state index is 13.0. The summed E-state index contributed by atoms with van der Waals surface area (Å²) in [7, 11) is 0. The van der Waals surface area contributed by atoms with Crippen molar-refractivity contribution in [3.8, 4) is 0 Å². The summed E-state index contributed by atoms with van der Waals surface area (Å²) in [5.41, 5.74) is 6.49. The van der Waals surface area contributed by atoms with E-state index in [0.717, 1.165) is 171 Å². The Morgan fingerprint density at radius 2 is 0.622 bits per heavy atom. The van der Waals surface area contributed by atoms with Crippen LogP contribution >= 0.6 is 61.1 Å². The summed E-state index contributed by atoms with van der Waals surface area (Å²) in [5, 5.41) is 23.7. The smallest absolute Gasteiger partial charge is 0.323 e. The van der Waals surface area contributed by atoms with Gasteiger partial charge < -0.3 is 29.4 Å². The van der Waals surface area contributed by atoms with E-state index in [2.05, 4.69) is 82.6 Å². The Morgan fingerprint density at radius 1 is 0.303 bits per heavy atom. The molecule has 5 unspecified atom stereocenters. The third-order valence-electron chi connectivity index (χ3n) is 20.9. The highest BCUT2D eigenvalue weighted by molar-refractivity contribution is 7.81. The van der Waals surface area contributed by atoms with Crippen molar-refractivity contribution in [3.63, 3.8) is 0 Å². The summed E-state index contributed by atoms with van der Waals surface area (Å²) in [6.07, 6.45) is 41.0. The molecular formula is C85H92F4N20O5S5. The zero-order chi connectivity index (χ0) is 83.8. The summed E-state index contributed by atoms with van der Waals surface area (Å²) in [6.45, 7) is 5.61. The molecule has 5 aromatic heterocycles. The van der Waals surface area contributed by atoms with Gasteiger partial charge in [0.2, 0.25) is 0 Å². The second-order valence-electron chi connectivity index (χ2n) is 28.8. The van der Waals surface area contributed by atoms with Crippen molar-refractivity contribution in [2.24, 2.45) is 0 Å². The molecule has 620 valence electrons. The third kappa shape index (κ3) is 26.1. The van der Waals surface area contributed by atoms with Gasteiger partial charge in [0.05, 0.1) is 48.3 Å². The average Bonchev–Trinajstić information content (AvgIpc) is 0.836. The summed E-state index contributed by atoms with van der Waals surface area (Å²) in [4.78, 5) is 102. The summed E-state index contributed by atoms with van der Waals surface area (Å²) >= 11 is 27.3. The molecule has 6 amide bonds. The number of hydrogen-bond donors (Lipinski definition) is 5. The Morgan fingerprint density at radius 3 is 0.958 bits per heavy atom. The molecule has 4 aromatic carbocycles. The van der Waals surface area contributed by atoms with E-state index in [4.69, 9.17) is 61.1 Å². The van der Waals surface area contributed by atoms with Crippen molar-refractivity contribution in [2.75, 3.05) is 45.8 Å². The molecule has 15 rings (SSSR count). The molecule has 0 saturated carbocycles. The molecule has 0 radical (unpaired) electrons. The predicted molar refractivity (Wildman–Crippen MR) is 461 cm³/mol. The molecule has 0 bridgehead atoms. The lowest BCUT2D eigenvalue weighted by Crippen LogP contribution is -2.51. The fourth-order valence-corrected chi connectivity index (χ4v) is 16.3. The van der Waals surface area contributed by atoms with Crippen molar-refractivity contribution >= 4 is 116 Å². The minimum atomic E-state index is -0.382. The molecule has 119 heavy (non-hydrogen) atoms. The SMILES string of the molecule is O=C(NC(=S)N1CCCCC1c1cccnc1)N1CCCCC1.O=C(NC(=S)N1CCCCC1c1ccnnc1)c1ccc(F)cc1.O=C(NC(=S)N1CCCCC1c1cnccn1)c1ccc(F)cc1.O=C(NC(=S)N1CCCCC1c1cncnc1)c1ccc(F)cc1.O=C(NC(=S)N1CCCCC1c1cncnc1)c1ccc(F)cc1. The van der Waals surface area contributed by atoms with E-state index in [9.17, 15) is 41.5 Å². The van der Waals surface area contributed by atoms with Crippen LogP contribution in [0, 0.1) is 23.3 Å². The lowest BCUT2D eigenvalue weighted by atomic mass is 9.97. The highest BCUT2D eigenvalue weighted by Crippen LogP contribution is 2.35. The average molecular weight is 1710 g/mol. The van der Waals surface area contributed by atoms with Gasteiger partial charge in [-0.2, -0.15) is 10.2 Å². The molecule has 6 aliphatic heterocycles. The van der Waals surface area contributed by atoms with Crippen LogP contribution in [0.3, 0.4) is 0 Å². The number of hydrogen-bond acceptors (Lipinski definition) is 19. The molecular weight excluding hydrogens is 1620 g/mol. The number of nitrogens with one attached hydrogen (secondary N) is 5. The first-order valence-electron chi connectivity index (χ1n) is 39.6. The zero-order valence-corrected chi connectivity index (χ0v) is 69.4. The number of piperidine rings is 6. The molecule has 6 fully saturated rings. The fourth-order valence-electron chi connectivity index (χ4n) is 14.8. The summed E-state index contributed by atoms with van der Waals surface area (Å²) in [5.74, 6) is -2.88. The number of thiocarbonyl (C=S) groups is 5. The van der Waals surface area contributed by atoms with E-state index in [1.807, 2.05) is 42.8 Å². The Hall–Kier alpha value is -11.3. The third-order valence-corrected chi connectivity index (χ3v) is 22.6. The Balaban J connectivity index is 0.000000146. The van der Waals surface area contributed by atoms with Gasteiger partial charge in [0.15, 0.2) is 25.6 Å². The number of benzene rings is 4.